The first-order chi connectivity index (χ1) is 11.1. The fourth-order valence-corrected chi connectivity index (χ4v) is 3.44. The van der Waals surface area contributed by atoms with Gasteiger partial charge in [0, 0.05) is 17.6 Å². The van der Waals surface area contributed by atoms with Crippen LogP contribution < -0.4 is 0 Å². The smallest absolute Gasteiger partial charge is 0.233 e. The van der Waals surface area contributed by atoms with Crippen molar-refractivity contribution < 1.29 is 9.53 Å². The van der Waals surface area contributed by atoms with Gasteiger partial charge in [0.2, 0.25) is 5.91 Å². The summed E-state index contributed by atoms with van der Waals surface area (Å²) in [5.74, 6) is 0.520. The Bertz CT molecular complexity index is 674. The number of thioether (sulfide) groups is 1. The number of hydrogen-bond acceptors (Lipinski definition) is 4. The number of halogens is 1. The number of aromatic nitrogens is 2. The van der Waals surface area contributed by atoms with Gasteiger partial charge < -0.3 is 14.6 Å². The minimum Gasteiger partial charge on any atom is -0.375 e. The molecule has 1 unspecified atom stereocenters. The third-order valence-electron chi connectivity index (χ3n) is 3.63. The van der Waals surface area contributed by atoms with Gasteiger partial charge in [-0.05, 0) is 24.6 Å². The summed E-state index contributed by atoms with van der Waals surface area (Å²) >= 11 is 4.86. The highest BCUT2D eigenvalue weighted by Crippen LogP contribution is 2.23. The van der Waals surface area contributed by atoms with Crippen LogP contribution >= 0.6 is 27.7 Å². The third kappa shape index (κ3) is 4.37. The van der Waals surface area contributed by atoms with E-state index in [2.05, 4.69) is 25.9 Å². The summed E-state index contributed by atoms with van der Waals surface area (Å²) in [7, 11) is 0. The fraction of sp³-hybridized carbons (Fsp3) is 0.375. The van der Waals surface area contributed by atoms with Crippen molar-refractivity contribution in [2.75, 3.05) is 25.4 Å². The van der Waals surface area contributed by atoms with Crippen molar-refractivity contribution in [1.29, 1.82) is 0 Å². The lowest BCUT2D eigenvalue weighted by Crippen LogP contribution is -2.45. The second-order valence-corrected chi connectivity index (χ2v) is 7.30. The Morgan fingerprint density at radius 3 is 3.00 bits per heavy atom. The number of aromatic amines is 1. The molecular weight excluding hydrogens is 378 g/mol. The van der Waals surface area contributed by atoms with E-state index in [1.54, 1.807) is 6.20 Å². The Morgan fingerprint density at radius 2 is 2.26 bits per heavy atom. The quantitative estimate of drug-likeness (QED) is 0.807. The molecule has 1 N–H and O–H groups in total. The largest absolute Gasteiger partial charge is 0.375 e. The summed E-state index contributed by atoms with van der Waals surface area (Å²) in [4.78, 5) is 21.7. The topological polar surface area (TPSA) is 58.2 Å². The molecule has 0 spiro atoms. The van der Waals surface area contributed by atoms with E-state index in [0.29, 0.717) is 25.4 Å². The van der Waals surface area contributed by atoms with Crippen molar-refractivity contribution in [2.24, 2.45) is 0 Å². The first-order valence-electron chi connectivity index (χ1n) is 7.45. The molecule has 0 bridgehead atoms. The second-order valence-electron chi connectivity index (χ2n) is 5.42. The van der Waals surface area contributed by atoms with E-state index < -0.39 is 0 Å². The van der Waals surface area contributed by atoms with Crippen LogP contribution in [0.2, 0.25) is 0 Å². The van der Waals surface area contributed by atoms with Gasteiger partial charge in [0.05, 0.1) is 30.4 Å². The van der Waals surface area contributed by atoms with Crippen molar-refractivity contribution in [2.45, 2.75) is 18.2 Å². The van der Waals surface area contributed by atoms with Gasteiger partial charge in [-0.2, -0.15) is 0 Å². The van der Waals surface area contributed by atoms with E-state index in [4.69, 9.17) is 4.74 Å². The van der Waals surface area contributed by atoms with Gasteiger partial charge >= 0.3 is 0 Å². The lowest BCUT2D eigenvalue weighted by Gasteiger charge is -2.31. The molecule has 5 nitrogen and oxygen atoms in total. The summed E-state index contributed by atoms with van der Waals surface area (Å²) in [6.45, 7) is 3.95. The van der Waals surface area contributed by atoms with Gasteiger partial charge in [-0.15, -0.1) is 0 Å². The minimum atomic E-state index is 0.116. The van der Waals surface area contributed by atoms with Crippen molar-refractivity contribution in [3.05, 3.63) is 34.9 Å². The van der Waals surface area contributed by atoms with Crippen LogP contribution in [-0.4, -0.2) is 52.3 Å². The van der Waals surface area contributed by atoms with Crippen molar-refractivity contribution in [1.82, 2.24) is 14.9 Å². The molecule has 1 aromatic heterocycles. The van der Waals surface area contributed by atoms with Crippen LogP contribution in [0.5, 0.6) is 0 Å². The highest BCUT2D eigenvalue weighted by Gasteiger charge is 2.21. The molecular formula is C16H18BrN3O2S. The number of amides is 1. The van der Waals surface area contributed by atoms with Crippen LogP contribution in [0.25, 0.3) is 11.3 Å². The molecule has 23 heavy (non-hydrogen) atoms. The summed E-state index contributed by atoms with van der Waals surface area (Å²) in [5.41, 5.74) is 2.02. The molecule has 0 radical (unpaired) electrons. The van der Waals surface area contributed by atoms with Crippen LogP contribution in [-0.2, 0) is 9.53 Å². The molecule has 1 atom stereocenters. The average molecular weight is 396 g/mol. The molecule has 1 fully saturated rings. The van der Waals surface area contributed by atoms with Gasteiger partial charge in [0.15, 0.2) is 5.16 Å². The molecule has 1 aliphatic rings. The highest BCUT2D eigenvalue weighted by molar-refractivity contribution is 9.10. The minimum absolute atomic E-state index is 0.116. The monoisotopic (exact) mass is 395 g/mol. The number of nitrogens with one attached hydrogen (secondary N) is 1. The first kappa shape index (κ1) is 16.5. The number of hydrogen-bond donors (Lipinski definition) is 1. The molecule has 7 heteroatoms. The standard InChI is InChI=1S/C16H18BrN3O2S/c1-11-9-20(6-7-22-11)15(21)10-23-16-18-8-14(19-16)12-2-4-13(17)5-3-12/h2-5,8,11H,6-7,9-10H2,1H3,(H,18,19). The summed E-state index contributed by atoms with van der Waals surface area (Å²) in [5, 5.41) is 0.762. The number of ether oxygens (including phenoxy) is 1. The SMILES string of the molecule is CC1CN(C(=O)CSc2ncc(-c3ccc(Br)cc3)[nH]2)CCO1. The fourth-order valence-electron chi connectivity index (χ4n) is 2.42. The Kier molecular flexibility index (Phi) is 5.40. The molecule has 1 saturated heterocycles. The van der Waals surface area contributed by atoms with Gasteiger partial charge in [-0.3, -0.25) is 4.79 Å². The Hall–Kier alpha value is -1.31. The Labute approximate surface area is 147 Å². The normalized spacial score (nSPS) is 18.2. The number of imidazole rings is 1. The number of H-pyrrole nitrogens is 1. The van der Waals surface area contributed by atoms with E-state index in [1.807, 2.05) is 36.1 Å². The van der Waals surface area contributed by atoms with E-state index in [0.717, 1.165) is 20.9 Å². The zero-order valence-corrected chi connectivity index (χ0v) is 15.2. The van der Waals surface area contributed by atoms with Crippen molar-refractivity contribution in [3.63, 3.8) is 0 Å². The van der Waals surface area contributed by atoms with Crippen LogP contribution in [0, 0.1) is 0 Å². The number of carbonyl (C=O) groups excluding carboxylic acids is 1. The lowest BCUT2D eigenvalue weighted by molar-refractivity contribution is -0.135. The maximum Gasteiger partial charge on any atom is 0.233 e. The first-order valence-corrected chi connectivity index (χ1v) is 9.23. The van der Waals surface area contributed by atoms with Crippen LogP contribution in [0.4, 0.5) is 0 Å². The third-order valence-corrected chi connectivity index (χ3v) is 5.03. The molecule has 1 amide bonds. The molecule has 1 aliphatic heterocycles. The molecule has 3 rings (SSSR count). The maximum atomic E-state index is 12.2. The Morgan fingerprint density at radius 1 is 1.48 bits per heavy atom. The summed E-state index contributed by atoms with van der Waals surface area (Å²) in [6, 6.07) is 8.02. The van der Waals surface area contributed by atoms with Crippen molar-refractivity contribution in [3.8, 4) is 11.3 Å². The van der Waals surface area contributed by atoms with E-state index in [1.165, 1.54) is 11.8 Å². The number of benzene rings is 1. The molecule has 0 saturated carbocycles. The van der Waals surface area contributed by atoms with Crippen LogP contribution in [0.3, 0.4) is 0 Å². The maximum absolute atomic E-state index is 12.2. The predicted molar refractivity (Wildman–Crippen MR) is 94.4 cm³/mol. The summed E-state index contributed by atoms with van der Waals surface area (Å²) in [6.07, 6.45) is 1.91. The van der Waals surface area contributed by atoms with Gasteiger partial charge in [0.25, 0.3) is 0 Å². The van der Waals surface area contributed by atoms with Crippen LogP contribution in [0.15, 0.2) is 40.1 Å². The zero-order valence-electron chi connectivity index (χ0n) is 12.8. The molecule has 2 aromatic rings. The van der Waals surface area contributed by atoms with E-state index >= 15 is 0 Å². The highest BCUT2D eigenvalue weighted by atomic mass is 79.9. The number of rotatable bonds is 4. The predicted octanol–water partition coefficient (Wildman–Crippen LogP) is 3.18. The number of nitrogens with zero attached hydrogens (tertiary/aromatic N) is 2. The van der Waals surface area contributed by atoms with Gasteiger partial charge in [-0.25, -0.2) is 4.98 Å². The number of carbonyl (C=O) groups is 1. The molecule has 1 aromatic carbocycles. The number of morpholine rings is 1. The van der Waals surface area contributed by atoms with Gasteiger partial charge in [0.1, 0.15) is 0 Å². The lowest BCUT2D eigenvalue weighted by atomic mass is 10.2. The van der Waals surface area contributed by atoms with Gasteiger partial charge in [-0.1, -0.05) is 39.8 Å². The molecule has 122 valence electrons. The van der Waals surface area contributed by atoms with Crippen molar-refractivity contribution >= 4 is 33.6 Å². The average Bonchev–Trinajstić information content (AvgIpc) is 3.02. The van der Waals surface area contributed by atoms with E-state index in [-0.39, 0.29) is 12.0 Å². The molecule has 0 aliphatic carbocycles. The van der Waals surface area contributed by atoms with Crippen LogP contribution in [0.1, 0.15) is 6.92 Å². The zero-order chi connectivity index (χ0) is 16.2. The summed E-state index contributed by atoms with van der Waals surface area (Å²) < 4.78 is 6.50. The molecule has 2 heterocycles. The van der Waals surface area contributed by atoms with E-state index in [9.17, 15) is 4.79 Å². The Balaban J connectivity index is 1.56. The second kappa shape index (κ2) is 7.51.